The van der Waals surface area contributed by atoms with Gasteiger partial charge in [0.25, 0.3) is 0 Å². The van der Waals surface area contributed by atoms with E-state index in [0.29, 0.717) is 5.56 Å². The number of carbonyl (C=O) groups is 1. The molecule has 1 aromatic carbocycles. The van der Waals surface area contributed by atoms with Gasteiger partial charge in [-0.05, 0) is 23.0 Å². The lowest BCUT2D eigenvalue weighted by Gasteiger charge is -2.08. The number of nitrogens with zero attached hydrogens (tertiary/aromatic N) is 2. The molecule has 0 atom stereocenters. The van der Waals surface area contributed by atoms with Gasteiger partial charge in [-0.15, -0.1) is 0 Å². The third-order valence-electron chi connectivity index (χ3n) is 5.05. The van der Waals surface area contributed by atoms with Crippen LogP contribution in [0.15, 0.2) is 24.5 Å². The third kappa shape index (κ3) is 1.40. The maximum absolute atomic E-state index is 11.4. The monoisotopic (exact) mass is 258 g/mol. The smallest absolute Gasteiger partial charge is 0.337 e. The van der Waals surface area contributed by atoms with E-state index in [4.69, 9.17) is 0 Å². The number of benzene rings is 1. The summed E-state index contributed by atoms with van der Waals surface area (Å²) in [5, 5.41) is 9.35. The Morgan fingerprint density at radius 1 is 1.26 bits per heavy atom. The summed E-state index contributed by atoms with van der Waals surface area (Å²) < 4.78 is 2.04. The van der Waals surface area contributed by atoms with Gasteiger partial charge in [0.2, 0.25) is 0 Å². The average molecular weight is 258 g/mol. The molecule has 0 aliphatic heterocycles. The second-order valence-corrected chi connectivity index (χ2v) is 6.48. The molecule has 4 heteroatoms. The molecule has 1 fully saturated rings. The number of imidazole rings is 1. The van der Waals surface area contributed by atoms with Gasteiger partial charge in [-0.25, -0.2) is 9.78 Å². The molecule has 100 valence electrons. The first-order chi connectivity index (χ1) is 8.78. The van der Waals surface area contributed by atoms with E-state index in [0.717, 1.165) is 11.0 Å². The molecule has 1 aromatic heterocycles. The lowest BCUT2D eigenvalue weighted by molar-refractivity contribution is 0.0698. The Morgan fingerprint density at radius 3 is 2.42 bits per heavy atom. The van der Waals surface area contributed by atoms with E-state index in [-0.39, 0.29) is 16.9 Å². The first-order valence-corrected chi connectivity index (χ1v) is 6.47. The molecule has 0 radical (unpaired) electrons. The van der Waals surface area contributed by atoms with Gasteiger partial charge in [-0.2, -0.15) is 0 Å². The number of rotatable bonds is 2. The molecule has 3 rings (SSSR count). The molecule has 0 bridgehead atoms. The highest BCUT2D eigenvalue weighted by atomic mass is 16.4. The van der Waals surface area contributed by atoms with Gasteiger partial charge in [0.15, 0.2) is 0 Å². The van der Waals surface area contributed by atoms with Crippen LogP contribution in [0.4, 0.5) is 0 Å². The summed E-state index contributed by atoms with van der Waals surface area (Å²) in [5.74, 6) is -0.899. The first kappa shape index (κ1) is 12.2. The Morgan fingerprint density at radius 2 is 1.89 bits per heavy atom. The van der Waals surface area contributed by atoms with E-state index >= 15 is 0 Å². The van der Waals surface area contributed by atoms with E-state index in [1.54, 1.807) is 18.5 Å². The van der Waals surface area contributed by atoms with Crippen molar-refractivity contribution >= 4 is 17.0 Å². The molecule has 4 nitrogen and oxygen atoms in total. The Hall–Kier alpha value is -1.84. The van der Waals surface area contributed by atoms with E-state index in [1.165, 1.54) is 0 Å². The summed E-state index contributed by atoms with van der Waals surface area (Å²) in [7, 11) is 0. The van der Waals surface area contributed by atoms with E-state index in [9.17, 15) is 9.90 Å². The second-order valence-electron chi connectivity index (χ2n) is 6.48. The highest BCUT2D eigenvalue weighted by Gasteiger charge is 2.66. The number of hydrogen-bond acceptors (Lipinski definition) is 2. The molecule has 0 spiro atoms. The molecule has 0 saturated heterocycles. The Balaban J connectivity index is 2.25. The van der Waals surface area contributed by atoms with Crippen LogP contribution in [0.25, 0.3) is 11.0 Å². The van der Waals surface area contributed by atoms with Crippen LogP contribution >= 0.6 is 0 Å². The number of fused-ring (bicyclic) bond motifs is 1. The number of hydrogen-bond donors (Lipinski definition) is 1. The van der Waals surface area contributed by atoms with Gasteiger partial charge in [-0.3, -0.25) is 0 Å². The summed E-state index contributed by atoms with van der Waals surface area (Å²) in [6, 6.07) is 5.53. The summed E-state index contributed by atoms with van der Waals surface area (Å²) in [5.41, 5.74) is 2.10. The molecule has 0 amide bonds. The maximum atomic E-state index is 11.4. The zero-order valence-corrected chi connectivity index (χ0v) is 11.6. The second kappa shape index (κ2) is 3.38. The summed E-state index contributed by atoms with van der Waals surface area (Å²) in [6.07, 6.45) is 1.78. The van der Waals surface area contributed by atoms with Crippen molar-refractivity contribution in [3.8, 4) is 0 Å². The van der Waals surface area contributed by atoms with Crippen LogP contribution in [0.5, 0.6) is 0 Å². The van der Waals surface area contributed by atoms with Gasteiger partial charge in [0.05, 0.1) is 22.9 Å². The quantitative estimate of drug-likeness (QED) is 0.898. The molecule has 2 aromatic rings. The molecule has 0 unspecified atom stereocenters. The van der Waals surface area contributed by atoms with Gasteiger partial charge in [-0.1, -0.05) is 33.8 Å². The lowest BCUT2D eigenvalue weighted by Crippen LogP contribution is -2.04. The molecular formula is C15H18N2O2. The molecule has 1 aliphatic rings. The Bertz CT molecular complexity index is 669. The number of aromatic nitrogens is 2. The number of para-hydroxylation sites is 1. The Labute approximate surface area is 112 Å². The standard InChI is InChI=1S/C15H18N2O2/c1-14(2)13(15(14,3)4)17-8-16-10-7-5-6-9(11(10)17)12(18)19/h5-8,13H,1-4H3,(H,18,19). The van der Waals surface area contributed by atoms with Crippen LogP contribution < -0.4 is 0 Å². The predicted molar refractivity (Wildman–Crippen MR) is 73.3 cm³/mol. The topological polar surface area (TPSA) is 55.1 Å². The zero-order valence-electron chi connectivity index (χ0n) is 11.6. The molecule has 1 saturated carbocycles. The highest BCUT2D eigenvalue weighted by molar-refractivity contribution is 6.01. The highest BCUT2D eigenvalue weighted by Crippen LogP contribution is 2.71. The van der Waals surface area contributed by atoms with Crippen molar-refractivity contribution in [1.82, 2.24) is 9.55 Å². The zero-order chi connectivity index (χ0) is 14.0. The summed E-state index contributed by atoms with van der Waals surface area (Å²) in [6.45, 7) is 8.86. The van der Waals surface area contributed by atoms with Crippen LogP contribution in [-0.2, 0) is 0 Å². The largest absolute Gasteiger partial charge is 0.478 e. The van der Waals surface area contributed by atoms with Crippen LogP contribution in [-0.4, -0.2) is 20.6 Å². The fourth-order valence-corrected chi connectivity index (χ4v) is 3.31. The minimum absolute atomic E-state index is 0.145. The van der Waals surface area contributed by atoms with Gasteiger partial charge < -0.3 is 9.67 Å². The summed E-state index contributed by atoms with van der Waals surface area (Å²) >= 11 is 0. The van der Waals surface area contributed by atoms with Crippen molar-refractivity contribution in [2.45, 2.75) is 33.7 Å². The van der Waals surface area contributed by atoms with Crippen molar-refractivity contribution in [2.24, 2.45) is 10.8 Å². The lowest BCUT2D eigenvalue weighted by atomic mass is 10.0. The predicted octanol–water partition coefficient (Wildman–Crippen LogP) is 3.34. The SMILES string of the molecule is CC1(C)C(n2cnc3cccc(C(=O)O)c32)C1(C)C. The van der Waals surface area contributed by atoms with Crippen LogP contribution in [0.3, 0.4) is 0 Å². The third-order valence-corrected chi connectivity index (χ3v) is 5.05. The average Bonchev–Trinajstić information content (AvgIpc) is 2.65. The van der Waals surface area contributed by atoms with Crippen molar-refractivity contribution in [3.63, 3.8) is 0 Å². The minimum Gasteiger partial charge on any atom is -0.478 e. The minimum atomic E-state index is -0.899. The van der Waals surface area contributed by atoms with E-state index < -0.39 is 5.97 Å². The van der Waals surface area contributed by atoms with E-state index in [2.05, 4.69) is 32.7 Å². The number of carboxylic acids is 1. The molecular weight excluding hydrogens is 240 g/mol. The van der Waals surface area contributed by atoms with E-state index in [1.807, 2.05) is 10.6 Å². The van der Waals surface area contributed by atoms with Crippen LogP contribution in [0, 0.1) is 10.8 Å². The Kier molecular flexibility index (Phi) is 2.17. The normalized spacial score (nSPS) is 20.6. The first-order valence-electron chi connectivity index (χ1n) is 6.47. The molecule has 1 aliphatic carbocycles. The van der Waals surface area contributed by atoms with Crippen molar-refractivity contribution in [1.29, 1.82) is 0 Å². The molecule has 19 heavy (non-hydrogen) atoms. The summed E-state index contributed by atoms with van der Waals surface area (Å²) in [4.78, 5) is 15.7. The van der Waals surface area contributed by atoms with Gasteiger partial charge in [0, 0.05) is 6.04 Å². The molecule has 1 N–H and O–H groups in total. The van der Waals surface area contributed by atoms with Gasteiger partial charge in [0.1, 0.15) is 0 Å². The van der Waals surface area contributed by atoms with Crippen LogP contribution in [0.1, 0.15) is 44.1 Å². The molecule has 1 heterocycles. The van der Waals surface area contributed by atoms with Crippen molar-refractivity contribution in [3.05, 3.63) is 30.1 Å². The fourth-order valence-electron chi connectivity index (χ4n) is 3.31. The number of aromatic carboxylic acids is 1. The van der Waals surface area contributed by atoms with Crippen LogP contribution in [0.2, 0.25) is 0 Å². The van der Waals surface area contributed by atoms with Crippen molar-refractivity contribution < 1.29 is 9.90 Å². The number of carboxylic acid groups (broad SMARTS) is 1. The van der Waals surface area contributed by atoms with Gasteiger partial charge >= 0.3 is 5.97 Å². The fraction of sp³-hybridized carbons (Fsp3) is 0.467. The maximum Gasteiger partial charge on any atom is 0.337 e. The van der Waals surface area contributed by atoms with Crippen molar-refractivity contribution in [2.75, 3.05) is 0 Å².